The molecule has 1 unspecified atom stereocenters. The molecule has 1 N–H and O–H groups in total. The van der Waals surface area contributed by atoms with E-state index in [1.807, 2.05) is 13.8 Å². The SMILES string of the molecule is C=CC(C)(CNCC)Cc1cccc(C(F)(F)F)c1. The number of hydrogen-bond donors (Lipinski definition) is 1. The summed E-state index contributed by atoms with van der Waals surface area (Å²) in [6.07, 6.45) is -1.95. The van der Waals surface area contributed by atoms with Crippen LogP contribution in [0.15, 0.2) is 36.9 Å². The number of nitrogens with one attached hydrogen (secondary N) is 1. The molecule has 0 bridgehead atoms. The van der Waals surface area contributed by atoms with Crippen LogP contribution in [0.25, 0.3) is 0 Å². The molecule has 0 fully saturated rings. The van der Waals surface area contributed by atoms with Crippen molar-refractivity contribution < 1.29 is 13.2 Å². The van der Waals surface area contributed by atoms with Gasteiger partial charge in [-0.3, -0.25) is 0 Å². The molecule has 0 heterocycles. The highest BCUT2D eigenvalue weighted by atomic mass is 19.4. The molecule has 1 rings (SSSR count). The van der Waals surface area contributed by atoms with E-state index in [0.717, 1.165) is 12.6 Å². The van der Waals surface area contributed by atoms with Gasteiger partial charge in [0.25, 0.3) is 0 Å². The smallest absolute Gasteiger partial charge is 0.316 e. The van der Waals surface area contributed by atoms with Crippen LogP contribution in [0.4, 0.5) is 13.2 Å². The Kier molecular flexibility index (Phi) is 5.18. The Labute approximate surface area is 112 Å². The molecule has 1 atom stereocenters. The lowest BCUT2D eigenvalue weighted by molar-refractivity contribution is -0.137. The van der Waals surface area contributed by atoms with Crippen LogP contribution in [0.1, 0.15) is 25.0 Å². The van der Waals surface area contributed by atoms with Crippen molar-refractivity contribution in [2.45, 2.75) is 26.4 Å². The lowest BCUT2D eigenvalue weighted by Crippen LogP contribution is -2.32. The van der Waals surface area contributed by atoms with E-state index in [2.05, 4.69) is 11.9 Å². The van der Waals surface area contributed by atoms with Gasteiger partial charge in [0.15, 0.2) is 0 Å². The molecule has 0 radical (unpaired) electrons. The van der Waals surface area contributed by atoms with Gasteiger partial charge >= 0.3 is 6.18 Å². The van der Waals surface area contributed by atoms with E-state index >= 15 is 0 Å². The second-order valence-electron chi connectivity index (χ2n) is 5.01. The molecule has 4 heteroatoms. The highest BCUT2D eigenvalue weighted by molar-refractivity contribution is 5.27. The predicted octanol–water partition coefficient (Wildman–Crippen LogP) is 4.05. The van der Waals surface area contributed by atoms with Gasteiger partial charge in [-0.2, -0.15) is 13.2 Å². The lowest BCUT2D eigenvalue weighted by atomic mass is 9.83. The highest BCUT2D eigenvalue weighted by Gasteiger charge is 2.31. The lowest BCUT2D eigenvalue weighted by Gasteiger charge is -2.26. The van der Waals surface area contributed by atoms with Gasteiger partial charge in [0.05, 0.1) is 5.56 Å². The molecule has 0 saturated carbocycles. The molecule has 0 spiro atoms. The van der Waals surface area contributed by atoms with Crippen LogP contribution >= 0.6 is 0 Å². The Morgan fingerprint density at radius 1 is 1.32 bits per heavy atom. The van der Waals surface area contributed by atoms with Crippen LogP contribution < -0.4 is 5.32 Å². The van der Waals surface area contributed by atoms with Crippen molar-refractivity contribution >= 4 is 0 Å². The first-order chi connectivity index (χ1) is 8.80. The molecule has 0 aromatic heterocycles. The van der Waals surface area contributed by atoms with Crippen molar-refractivity contribution in [3.8, 4) is 0 Å². The minimum atomic E-state index is -4.29. The molecule has 106 valence electrons. The van der Waals surface area contributed by atoms with Crippen LogP contribution in [-0.2, 0) is 12.6 Å². The van der Waals surface area contributed by atoms with E-state index in [-0.39, 0.29) is 5.41 Å². The third-order valence-electron chi connectivity index (χ3n) is 3.13. The topological polar surface area (TPSA) is 12.0 Å². The van der Waals surface area contributed by atoms with Crippen LogP contribution in [0.5, 0.6) is 0 Å². The van der Waals surface area contributed by atoms with Gasteiger partial charge in [-0.05, 0) is 24.6 Å². The maximum absolute atomic E-state index is 12.7. The number of benzene rings is 1. The Morgan fingerprint density at radius 3 is 2.53 bits per heavy atom. The van der Waals surface area contributed by atoms with E-state index < -0.39 is 11.7 Å². The fourth-order valence-electron chi connectivity index (χ4n) is 1.94. The van der Waals surface area contributed by atoms with Gasteiger partial charge in [0.2, 0.25) is 0 Å². The monoisotopic (exact) mass is 271 g/mol. The van der Waals surface area contributed by atoms with Crippen molar-refractivity contribution in [2.75, 3.05) is 13.1 Å². The molecule has 0 aliphatic carbocycles. The van der Waals surface area contributed by atoms with Crippen molar-refractivity contribution in [1.29, 1.82) is 0 Å². The minimum absolute atomic E-state index is 0.250. The summed E-state index contributed by atoms with van der Waals surface area (Å²) in [7, 11) is 0. The van der Waals surface area contributed by atoms with Crippen LogP contribution in [0.2, 0.25) is 0 Å². The fraction of sp³-hybridized carbons (Fsp3) is 0.467. The zero-order valence-electron chi connectivity index (χ0n) is 11.3. The standard InChI is InChI=1S/C15H20F3N/c1-4-14(3,11-19-5-2)10-12-7-6-8-13(9-12)15(16,17)18/h4,6-9,19H,1,5,10-11H2,2-3H3. The number of alkyl halides is 3. The second-order valence-corrected chi connectivity index (χ2v) is 5.01. The summed E-state index contributed by atoms with van der Waals surface area (Å²) >= 11 is 0. The van der Waals surface area contributed by atoms with E-state index in [0.29, 0.717) is 18.5 Å². The summed E-state index contributed by atoms with van der Waals surface area (Å²) in [6.45, 7) is 9.30. The summed E-state index contributed by atoms with van der Waals surface area (Å²) in [4.78, 5) is 0. The van der Waals surface area contributed by atoms with Crippen molar-refractivity contribution in [2.24, 2.45) is 5.41 Å². The third kappa shape index (κ3) is 4.71. The van der Waals surface area contributed by atoms with Crippen LogP contribution in [-0.4, -0.2) is 13.1 Å². The average Bonchev–Trinajstić information content (AvgIpc) is 2.36. The minimum Gasteiger partial charge on any atom is -0.316 e. The molecule has 0 aliphatic rings. The Balaban J connectivity index is 2.89. The van der Waals surface area contributed by atoms with Gasteiger partial charge in [0, 0.05) is 12.0 Å². The fourth-order valence-corrected chi connectivity index (χ4v) is 1.94. The first kappa shape index (κ1) is 15.8. The maximum Gasteiger partial charge on any atom is 0.416 e. The van der Waals surface area contributed by atoms with Gasteiger partial charge < -0.3 is 5.32 Å². The van der Waals surface area contributed by atoms with Gasteiger partial charge in [-0.15, -0.1) is 6.58 Å². The summed E-state index contributed by atoms with van der Waals surface area (Å²) in [5.41, 5.74) is -0.171. The van der Waals surface area contributed by atoms with E-state index in [1.54, 1.807) is 12.1 Å². The molecule has 1 aromatic carbocycles. The Bertz CT molecular complexity index is 426. The quantitative estimate of drug-likeness (QED) is 0.770. The summed E-state index contributed by atoms with van der Waals surface area (Å²) < 4.78 is 38.0. The summed E-state index contributed by atoms with van der Waals surface area (Å²) in [6, 6.07) is 5.49. The van der Waals surface area contributed by atoms with E-state index in [9.17, 15) is 13.2 Å². The molecule has 0 amide bonds. The molecule has 0 aliphatic heterocycles. The number of hydrogen-bond acceptors (Lipinski definition) is 1. The first-order valence-electron chi connectivity index (χ1n) is 6.31. The van der Waals surface area contributed by atoms with E-state index in [1.165, 1.54) is 12.1 Å². The van der Waals surface area contributed by atoms with Gasteiger partial charge in [0.1, 0.15) is 0 Å². The van der Waals surface area contributed by atoms with Crippen molar-refractivity contribution in [3.63, 3.8) is 0 Å². The Morgan fingerprint density at radius 2 is 2.00 bits per heavy atom. The summed E-state index contributed by atoms with van der Waals surface area (Å²) in [5, 5.41) is 3.21. The molecule has 19 heavy (non-hydrogen) atoms. The molecular weight excluding hydrogens is 251 g/mol. The second kappa shape index (κ2) is 6.24. The zero-order valence-corrected chi connectivity index (χ0v) is 11.3. The number of halogens is 3. The predicted molar refractivity (Wildman–Crippen MR) is 72.0 cm³/mol. The zero-order chi connectivity index (χ0) is 14.5. The van der Waals surface area contributed by atoms with Crippen molar-refractivity contribution in [3.05, 3.63) is 48.0 Å². The molecule has 1 nitrogen and oxygen atoms in total. The average molecular weight is 271 g/mol. The number of rotatable bonds is 6. The first-order valence-corrected chi connectivity index (χ1v) is 6.31. The van der Waals surface area contributed by atoms with E-state index in [4.69, 9.17) is 0 Å². The third-order valence-corrected chi connectivity index (χ3v) is 3.13. The highest BCUT2D eigenvalue weighted by Crippen LogP contribution is 2.31. The molecule has 1 aromatic rings. The van der Waals surface area contributed by atoms with Crippen molar-refractivity contribution in [1.82, 2.24) is 5.32 Å². The van der Waals surface area contributed by atoms with Gasteiger partial charge in [-0.1, -0.05) is 38.1 Å². The van der Waals surface area contributed by atoms with Gasteiger partial charge in [-0.25, -0.2) is 0 Å². The maximum atomic E-state index is 12.7. The normalized spacial score (nSPS) is 15.0. The summed E-state index contributed by atoms with van der Waals surface area (Å²) in [5.74, 6) is 0. The van der Waals surface area contributed by atoms with Crippen LogP contribution in [0, 0.1) is 5.41 Å². The molecular formula is C15H20F3N. The Hall–Kier alpha value is -1.29. The van der Waals surface area contributed by atoms with Crippen LogP contribution in [0.3, 0.4) is 0 Å². The molecule has 0 saturated heterocycles. The largest absolute Gasteiger partial charge is 0.416 e.